The lowest BCUT2D eigenvalue weighted by Gasteiger charge is -2.33. The smallest absolute Gasteiger partial charge is 0.158 e. The number of nitrogens with zero attached hydrogens (tertiary/aromatic N) is 3. The van der Waals surface area contributed by atoms with Gasteiger partial charge in [0.2, 0.25) is 0 Å². The van der Waals surface area contributed by atoms with E-state index in [0.29, 0.717) is 17.6 Å². The Morgan fingerprint density at radius 1 is 1.40 bits per heavy atom. The fourth-order valence-electron chi connectivity index (χ4n) is 3.60. The van der Waals surface area contributed by atoms with Crippen LogP contribution < -0.4 is 0 Å². The van der Waals surface area contributed by atoms with Crippen LogP contribution >= 0.6 is 0 Å². The summed E-state index contributed by atoms with van der Waals surface area (Å²) < 4.78 is 1.83. The number of hydrogen-bond donors (Lipinski definition) is 0. The summed E-state index contributed by atoms with van der Waals surface area (Å²) in [4.78, 5) is 16.5. The normalized spacial score (nSPS) is 23.7. The fourth-order valence-corrected chi connectivity index (χ4v) is 3.60. The topological polar surface area (TPSA) is 47.3 Å². The average molecular weight is 271 g/mol. The van der Waals surface area contributed by atoms with Crippen LogP contribution in [0.4, 0.5) is 0 Å². The Hall–Kier alpha value is -1.71. The van der Waals surface area contributed by atoms with Crippen molar-refractivity contribution in [1.82, 2.24) is 14.6 Å². The number of ketones is 1. The molecule has 4 nitrogen and oxygen atoms in total. The molecule has 4 heteroatoms. The lowest BCUT2D eigenvalue weighted by Crippen LogP contribution is -2.31. The van der Waals surface area contributed by atoms with Gasteiger partial charge in [0.05, 0.1) is 0 Å². The van der Waals surface area contributed by atoms with Crippen LogP contribution in [0.25, 0.3) is 5.65 Å². The molecule has 1 aliphatic rings. The molecule has 20 heavy (non-hydrogen) atoms. The maximum atomic E-state index is 12.3. The van der Waals surface area contributed by atoms with Crippen LogP contribution in [0.1, 0.15) is 50.2 Å². The van der Waals surface area contributed by atoms with Gasteiger partial charge in [-0.2, -0.15) is 5.10 Å². The van der Waals surface area contributed by atoms with Crippen LogP contribution in [-0.2, 0) is 4.79 Å². The fraction of sp³-hybridized carbons (Fsp3) is 0.562. The minimum atomic E-state index is 0.143. The van der Waals surface area contributed by atoms with E-state index >= 15 is 0 Å². The summed E-state index contributed by atoms with van der Waals surface area (Å²) in [5.41, 5.74) is 3.25. The van der Waals surface area contributed by atoms with Crippen molar-refractivity contribution in [1.29, 1.82) is 0 Å². The molecule has 2 aromatic rings. The predicted molar refractivity (Wildman–Crippen MR) is 77.7 cm³/mol. The van der Waals surface area contributed by atoms with E-state index in [1.54, 1.807) is 6.33 Å². The van der Waals surface area contributed by atoms with E-state index in [2.05, 4.69) is 36.9 Å². The van der Waals surface area contributed by atoms with Gasteiger partial charge in [0.15, 0.2) is 5.65 Å². The molecule has 2 aromatic heterocycles. The molecule has 0 bridgehead atoms. The van der Waals surface area contributed by atoms with Crippen LogP contribution in [0.3, 0.4) is 0 Å². The Balaban J connectivity index is 2.05. The Morgan fingerprint density at radius 2 is 2.20 bits per heavy atom. The minimum absolute atomic E-state index is 0.143. The van der Waals surface area contributed by atoms with E-state index in [1.165, 1.54) is 5.56 Å². The molecule has 2 heterocycles. The number of pyridine rings is 1. The van der Waals surface area contributed by atoms with Crippen molar-refractivity contribution in [2.75, 3.05) is 0 Å². The van der Waals surface area contributed by atoms with Gasteiger partial charge in [-0.05, 0) is 42.7 Å². The lowest BCUT2D eigenvalue weighted by molar-refractivity contribution is -0.126. The maximum absolute atomic E-state index is 12.3. The average Bonchev–Trinajstić information content (AvgIpc) is 2.86. The van der Waals surface area contributed by atoms with Crippen molar-refractivity contribution in [2.24, 2.45) is 11.8 Å². The standard InChI is InChI=1S/C16H21N3O/c1-10(2)15-13(5-4-6-14(15)20)12-7-11(3)16-17-9-18-19(16)8-12/h7-10,13,15H,4-6H2,1-3H3. The second kappa shape index (κ2) is 5.00. The number of Topliss-reactive ketones (excluding diaryl/α,β-unsaturated/α-hetero) is 1. The van der Waals surface area contributed by atoms with E-state index < -0.39 is 0 Å². The molecule has 2 unspecified atom stereocenters. The van der Waals surface area contributed by atoms with Crippen molar-refractivity contribution in [3.8, 4) is 0 Å². The van der Waals surface area contributed by atoms with Crippen LogP contribution in [0.15, 0.2) is 18.6 Å². The summed E-state index contributed by atoms with van der Waals surface area (Å²) in [5.74, 6) is 1.28. The van der Waals surface area contributed by atoms with Gasteiger partial charge in [0.25, 0.3) is 0 Å². The molecule has 0 aromatic carbocycles. The van der Waals surface area contributed by atoms with Crippen LogP contribution in [0.5, 0.6) is 0 Å². The highest BCUT2D eigenvalue weighted by molar-refractivity contribution is 5.83. The first-order valence-corrected chi connectivity index (χ1v) is 7.40. The van der Waals surface area contributed by atoms with Gasteiger partial charge in [-0.15, -0.1) is 0 Å². The van der Waals surface area contributed by atoms with E-state index in [1.807, 2.05) is 10.7 Å². The molecule has 106 valence electrons. The third kappa shape index (κ3) is 2.13. The first kappa shape index (κ1) is 13.3. The molecular weight excluding hydrogens is 250 g/mol. The third-order valence-corrected chi connectivity index (χ3v) is 4.47. The van der Waals surface area contributed by atoms with E-state index in [4.69, 9.17) is 0 Å². The summed E-state index contributed by atoms with van der Waals surface area (Å²) in [7, 11) is 0. The minimum Gasteiger partial charge on any atom is -0.299 e. The zero-order valence-electron chi connectivity index (χ0n) is 12.3. The summed E-state index contributed by atoms with van der Waals surface area (Å²) in [6.07, 6.45) is 6.46. The molecule has 0 saturated heterocycles. The van der Waals surface area contributed by atoms with Crippen LogP contribution in [0.2, 0.25) is 0 Å². The third-order valence-electron chi connectivity index (χ3n) is 4.47. The summed E-state index contributed by atoms with van der Waals surface area (Å²) >= 11 is 0. The molecular formula is C16H21N3O. The molecule has 3 rings (SSSR count). The van der Waals surface area contributed by atoms with Gasteiger partial charge in [-0.25, -0.2) is 9.50 Å². The Kier molecular flexibility index (Phi) is 3.32. The Morgan fingerprint density at radius 3 is 2.95 bits per heavy atom. The largest absolute Gasteiger partial charge is 0.299 e. The highest BCUT2D eigenvalue weighted by Gasteiger charge is 2.35. The van der Waals surface area contributed by atoms with E-state index in [9.17, 15) is 4.79 Å². The van der Waals surface area contributed by atoms with Gasteiger partial charge in [-0.1, -0.05) is 19.9 Å². The Bertz CT molecular complexity index is 644. The molecule has 1 aliphatic carbocycles. The SMILES string of the molecule is Cc1cc(C2CCCC(=O)C2C(C)C)cn2ncnc12. The molecule has 0 amide bonds. The lowest BCUT2D eigenvalue weighted by atomic mass is 9.70. The maximum Gasteiger partial charge on any atom is 0.158 e. The van der Waals surface area contributed by atoms with Gasteiger partial charge >= 0.3 is 0 Å². The number of fused-ring (bicyclic) bond motifs is 1. The van der Waals surface area contributed by atoms with Gasteiger partial charge < -0.3 is 0 Å². The number of aromatic nitrogens is 3. The summed E-state index contributed by atoms with van der Waals surface area (Å²) in [6.45, 7) is 6.37. The first-order chi connectivity index (χ1) is 9.58. The van der Waals surface area contributed by atoms with Gasteiger partial charge in [0.1, 0.15) is 12.1 Å². The molecule has 2 atom stereocenters. The van der Waals surface area contributed by atoms with Crippen LogP contribution in [0, 0.1) is 18.8 Å². The second-order valence-corrected chi connectivity index (χ2v) is 6.22. The zero-order chi connectivity index (χ0) is 14.3. The number of rotatable bonds is 2. The molecule has 0 aliphatic heterocycles. The summed E-state index contributed by atoms with van der Waals surface area (Å²) in [6, 6.07) is 2.18. The van der Waals surface area contributed by atoms with Crippen molar-refractivity contribution >= 4 is 11.4 Å². The van der Waals surface area contributed by atoms with Gasteiger partial charge in [-0.3, -0.25) is 4.79 Å². The van der Waals surface area contributed by atoms with Crippen LogP contribution in [-0.4, -0.2) is 20.4 Å². The van der Waals surface area contributed by atoms with Crippen molar-refractivity contribution in [2.45, 2.75) is 46.0 Å². The summed E-state index contributed by atoms with van der Waals surface area (Å²) in [5, 5.41) is 4.24. The quantitative estimate of drug-likeness (QED) is 0.843. The number of carbonyl (C=O) groups is 1. The zero-order valence-corrected chi connectivity index (χ0v) is 12.3. The highest BCUT2D eigenvalue weighted by atomic mass is 16.1. The van der Waals surface area contributed by atoms with Crippen molar-refractivity contribution in [3.63, 3.8) is 0 Å². The first-order valence-electron chi connectivity index (χ1n) is 7.40. The van der Waals surface area contributed by atoms with Crippen molar-refractivity contribution in [3.05, 3.63) is 29.7 Å². The predicted octanol–water partition coefficient (Wildman–Crippen LogP) is 3.15. The molecule has 0 radical (unpaired) electrons. The van der Waals surface area contributed by atoms with Crippen molar-refractivity contribution < 1.29 is 4.79 Å². The molecule has 0 N–H and O–H groups in total. The monoisotopic (exact) mass is 271 g/mol. The number of aryl methyl sites for hydroxylation is 1. The number of carbonyl (C=O) groups excluding carboxylic acids is 1. The second-order valence-electron chi connectivity index (χ2n) is 6.22. The highest BCUT2D eigenvalue weighted by Crippen LogP contribution is 2.40. The number of hydrogen-bond acceptors (Lipinski definition) is 3. The molecule has 1 fully saturated rings. The molecule has 0 spiro atoms. The van der Waals surface area contributed by atoms with E-state index in [0.717, 1.165) is 30.5 Å². The molecule has 1 saturated carbocycles. The van der Waals surface area contributed by atoms with Gasteiger partial charge in [0, 0.05) is 18.5 Å². The Labute approximate surface area is 119 Å². The van der Waals surface area contributed by atoms with E-state index in [-0.39, 0.29) is 5.92 Å².